The molecule has 2 N–H and O–H groups in total. The average Bonchev–Trinajstić information content (AvgIpc) is 2.88. The molecule has 12 heavy (non-hydrogen) atoms. The molecule has 0 aliphatic heterocycles. The van der Waals surface area contributed by atoms with Gasteiger partial charge in [0.05, 0.1) is 0 Å². The van der Waals surface area contributed by atoms with Crippen molar-refractivity contribution in [2.75, 3.05) is 0 Å². The highest BCUT2D eigenvalue weighted by Crippen LogP contribution is 2.54. The fraction of sp³-hybridized carbons (Fsp3) is 1.00. The summed E-state index contributed by atoms with van der Waals surface area (Å²) in [5, 5.41) is 0. The number of hydrogen-bond acceptors (Lipinski definition) is 1. The first-order chi connectivity index (χ1) is 5.76. The Morgan fingerprint density at radius 2 is 1.75 bits per heavy atom. The highest BCUT2D eigenvalue weighted by atomic mass is 14.7. The third-order valence-corrected chi connectivity index (χ3v) is 4.08. The van der Waals surface area contributed by atoms with Crippen LogP contribution >= 0.6 is 0 Å². The first-order valence-electron chi connectivity index (χ1n) is 5.51. The van der Waals surface area contributed by atoms with Gasteiger partial charge in [0.2, 0.25) is 0 Å². The zero-order valence-corrected chi connectivity index (χ0v) is 8.18. The lowest BCUT2D eigenvalue weighted by Gasteiger charge is -2.41. The highest BCUT2D eigenvalue weighted by Gasteiger charge is 2.47. The molecular formula is C11H21N. The Labute approximate surface area is 75.7 Å². The summed E-state index contributed by atoms with van der Waals surface area (Å²) in [6, 6.07) is 0.435. The Hall–Kier alpha value is -0.0400. The number of hydrogen-bond donors (Lipinski definition) is 1. The van der Waals surface area contributed by atoms with Crippen LogP contribution in [0, 0.1) is 11.3 Å². The van der Waals surface area contributed by atoms with Crippen molar-refractivity contribution in [3.63, 3.8) is 0 Å². The molecule has 0 saturated heterocycles. The van der Waals surface area contributed by atoms with Crippen molar-refractivity contribution in [1.82, 2.24) is 0 Å². The second kappa shape index (κ2) is 3.02. The van der Waals surface area contributed by atoms with Crippen molar-refractivity contribution in [2.45, 2.75) is 57.9 Å². The smallest absolute Gasteiger partial charge is 0.00696 e. The third kappa shape index (κ3) is 1.28. The van der Waals surface area contributed by atoms with Gasteiger partial charge in [0.1, 0.15) is 0 Å². The van der Waals surface area contributed by atoms with Gasteiger partial charge >= 0.3 is 0 Å². The lowest BCUT2D eigenvalue weighted by molar-refractivity contribution is 0.121. The molecule has 1 atom stereocenters. The standard InChI is InChI=1S/C11H21N/c1-9(12)11(10-5-6-10)7-3-2-4-8-11/h9-10H,2-8,12H2,1H3. The maximum Gasteiger partial charge on any atom is 0.00696 e. The topological polar surface area (TPSA) is 26.0 Å². The minimum Gasteiger partial charge on any atom is -0.327 e. The molecule has 2 rings (SSSR count). The minimum atomic E-state index is 0.435. The van der Waals surface area contributed by atoms with E-state index in [4.69, 9.17) is 5.73 Å². The van der Waals surface area contributed by atoms with Gasteiger partial charge in [0.25, 0.3) is 0 Å². The minimum absolute atomic E-state index is 0.435. The Morgan fingerprint density at radius 3 is 2.17 bits per heavy atom. The van der Waals surface area contributed by atoms with E-state index in [1.54, 1.807) is 0 Å². The maximum atomic E-state index is 6.14. The molecule has 2 aliphatic rings. The van der Waals surface area contributed by atoms with E-state index in [1.165, 1.54) is 44.9 Å². The van der Waals surface area contributed by atoms with Gasteiger partial charge in [-0.3, -0.25) is 0 Å². The fourth-order valence-electron chi connectivity index (χ4n) is 3.10. The van der Waals surface area contributed by atoms with Crippen LogP contribution in [-0.2, 0) is 0 Å². The van der Waals surface area contributed by atoms with Crippen molar-refractivity contribution in [1.29, 1.82) is 0 Å². The first kappa shape index (κ1) is 8.55. The summed E-state index contributed by atoms with van der Waals surface area (Å²) in [6.45, 7) is 2.23. The zero-order valence-electron chi connectivity index (χ0n) is 8.18. The molecule has 2 saturated carbocycles. The van der Waals surface area contributed by atoms with Crippen molar-refractivity contribution >= 4 is 0 Å². The lowest BCUT2D eigenvalue weighted by Crippen LogP contribution is -2.42. The van der Waals surface area contributed by atoms with Gasteiger partial charge in [-0.05, 0) is 43.9 Å². The van der Waals surface area contributed by atoms with E-state index < -0.39 is 0 Å². The summed E-state index contributed by atoms with van der Waals surface area (Å²) in [5.74, 6) is 0.998. The van der Waals surface area contributed by atoms with Crippen LogP contribution < -0.4 is 5.73 Å². The molecule has 0 radical (unpaired) electrons. The average molecular weight is 167 g/mol. The van der Waals surface area contributed by atoms with E-state index in [0.29, 0.717) is 11.5 Å². The quantitative estimate of drug-likeness (QED) is 0.672. The van der Waals surface area contributed by atoms with Crippen molar-refractivity contribution < 1.29 is 0 Å². The van der Waals surface area contributed by atoms with E-state index in [2.05, 4.69) is 6.92 Å². The summed E-state index contributed by atoms with van der Waals surface area (Å²) in [7, 11) is 0. The number of nitrogens with two attached hydrogens (primary N) is 1. The van der Waals surface area contributed by atoms with Gasteiger partial charge in [-0.2, -0.15) is 0 Å². The van der Waals surface area contributed by atoms with E-state index in [9.17, 15) is 0 Å². The van der Waals surface area contributed by atoms with Crippen molar-refractivity contribution in [3.05, 3.63) is 0 Å². The molecule has 0 spiro atoms. The third-order valence-electron chi connectivity index (χ3n) is 4.08. The Morgan fingerprint density at radius 1 is 1.17 bits per heavy atom. The second-order valence-electron chi connectivity index (χ2n) is 4.86. The number of rotatable bonds is 2. The molecule has 2 fully saturated rings. The van der Waals surface area contributed by atoms with Crippen LogP contribution in [0.15, 0.2) is 0 Å². The fourth-order valence-corrected chi connectivity index (χ4v) is 3.10. The molecule has 0 aromatic heterocycles. The van der Waals surface area contributed by atoms with Gasteiger partial charge in [-0.15, -0.1) is 0 Å². The predicted octanol–water partition coefficient (Wildman–Crippen LogP) is 2.69. The lowest BCUT2D eigenvalue weighted by atomic mass is 9.66. The normalized spacial score (nSPS) is 31.5. The van der Waals surface area contributed by atoms with E-state index in [0.717, 1.165) is 5.92 Å². The maximum absolute atomic E-state index is 6.14. The Balaban J connectivity index is 2.08. The van der Waals surface area contributed by atoms with Crippen LogP contribution in [-0.4, -0.2) is 6.04 Å². The molecule has 1 heteroatoms. The monoisotopic (exact) mass is 167 g/mol. The van der Waals surface area contributed by atoms with E-state index >= 15 is 0 Å². The summed E-state index contributed by atoms with van der Waals surface area (Å²) in [6.07, 6.45) is 10.0. The second-order valence-corrected chi connectivity index (χ2v) is 4.86. The molecule has 0 aromatic rings. The molecule has 0 amide bonds. The van der Waals surface area contributed by atoms with Crippen LogP contribution in [0.2, 0.25) is 0 Å². The van der Waals surface area contributed by atoms with Gasteiger partial charge < -0.3 is 5.73 Å². The van der Waals surface area contributed by atoms with Gasteiger partial charge in [-0.1, -0.05) is 19.3 Å². The van der Waals surface area contributed by atoms with Crippen LogP contribution in [0.25, 0.3) is 0 Å². The van der Waals surface area contributed by atoms with Crippen LogP contribution in [0.3, 0.4) is 0 Å². The van der Waals surface area contributed by atoms with Crippen molar-refractivity contribution in [3.8, 4) is 0 Å². The first-order valence-corrected chi connectivity index (χ1v) is 5.51. The van der Waals surface area contributed by atoms with Gasteiger partial charge in [0, 0.05) is 6.04 Å². The summed E-state index contributed by atoms with van der Waals surface area (Å²) in [4.78, 5) is 0. The van der Waals surface area contributed by atoms with Gasteiger partial charge in [-0.25, -0.2) is 0 Å². The highest BCUT2D eigenvalue weighted by molar-refractivity contribution is 5.00. The zero-order chi connectivity index (χ0) is 8.60. The molecule has 0 bridgehead atoms. The van der Waals surface area contributed by atoms with Crippen LogP contribution in [0.1, 0.15) is 51.9 Å². The molecule has 2 aliphatic carbocycles. The molecule has 1 nitrogen and oxygen atoms in total. The molecular weight excluding hydrogens is 146 g/mol. The summed E-state index contributed by atoms with van der Waals surface area (Å²) >= 11 is 0. The van der Waals surface area contributed by atoms with E-state index in [-0.39, 0.29) is 0 Å². The van der Waals surface area contributed by atoms with Crippen LogP contribution in [0.5, 0.6) is 0 Å². The van der Waals surface area contributed by atoms with Crippen molar-refractivity contribution in [2.24, 2.45) is 17.1 Å². The summed E-state index contributed by atoms with van der Waals surface area (Å²) in [5.41, 5.74) is 6.71. The largest absolute Gasteiger partial charge is 0.327 e. The Bertz CT molecular complexity index is 148. The molecule has 70 valence electrons. The molecule has 1 unspecified atom stereocenters. The van der Waals surface area contributed by atoms with Gasteiger partial charge in [0.15, 0.2) is 0 Å². The van der Waals surface area contributed by atoms with Crippen LogP contribution in [0.4, 0.5) is 0 Å². The van der Waals surface area contributed by atoms with E-state index in [1.807, 2.05) is 0 Å². The summed E-state index contributed by atoms with van der Waals surface area (Å²) < 4.78 is 0. The SMILES string of the molecule is CC(N)C1(C2CC2)CCCCC1. The Kier molecular flexibility index (Phi) is 2.16. The molecule has 0 aromatic carbocycles. The molecule has 0 heterocycles. The predicted molar refractivity (Wildman–Crippen MR) is 51.9 cm³/mol.